The number of nitrogens with two attached hydrogens (primary N) is 1. The van der Waals surface area contributed by atoms with Gasteiger partial charge in [-0.2, -0.15) is 0 Å². The van der Waals surface area contributed by atoms with Crippen LogP contribution in [0.2, 0.25) is 0 Å². The number of nitrogens with zero attached hydrogens (tertiary/aromatic N) is 1. The van der Waals surface area contributed by atoms with Crippen molar-refractivity contribution in [2.45, 2.75) is 13.8 Å². The van der Waals surface area contributed by atoms with E-state index < -0.39 is 0 Å². The molecule has 0 aliphatic rings. The van der Waals surface area contributed by atoms with Gasteiger partial charge in [0.15, 0.2) is 0 Å². The topological polar surface area (TPSA) is 52.0 Å². The summed E-state index contributed by atoms with van der Waals surface area (Å²) in [5.74, 6) is -0.146. The van der Waals surface area contributed by atoms with Gasteiger partial charge >= 0.3 is 0 Å². The number of benzene rings is 2. The monoisotopic (exact) mass is 282 g/mol. The van der Waals surface area contributed by atoms with Crippen molar-refractivity contribution < 1.29 is 8.91 Å². The van der Waals surface area contributed by atoms with Crippen molar-refractivity contribution in [3.05, 3.63) is 59.4 Å². The number of hydrogen-bond donors (Lipinski definition) is 1. The first-order valence-corrected chi connectivity index (χ1v) is 6.65. The maximum absolute atomic E-state index is 14.2. The average molecular weight is 282 g/mol. The summed E-state index contributed by atoms with van der Waals surface area (Å²) >= 11 is 0. The molecular formula is C17H15FN2O. The Balaban J connectivity index is 2.22. The van der Waals surface area contributed by atoms with Crippen molar-refractivity contribution >= 4 is 5.88 Å². The molecule has 0 aliphatic carbocycles. The molecule has 106 valence electrons. The molecule has 0 fully saturated rings. The smallest absolute Gasteiger partial charge is 0.230 e. The van der Waals surface area contributed by atoms with E-state index in [-0.39, 0.29) is 11.7 Å². The molecule has 3 rings (SSSR count). The first kappa shape index (κ1) is 13.4. The van der Waals surface area contributed by atoms with Crippen LogP contribution in [0.15, 0.2) is 47.0 Å². The molecule has 0 aliphatic heterocycles. The lowest BCUT2D eigenvalue weighted by Crippen LogP contribution is -1.91. The van der Waals surface area contributed by atoms with Crippen LogP contribution < -0.4 is 5.73 Å². The fourth-order valence-corrected chi connectivity index (χ4v) is 2.38. The zero-order valence-corrected chi connectivity index (χ0v) is 11.9. The molecule has 0 radical (unpaired) electrons. The second-order valence-electron chi connectivity index (χ2n) is 5.12. The molecule has 3 aromatic rings. The second kappa shape index (κ2) is 5.05. The number of aryl methyl sites for hydroxylation is 2. The van der Waals surface area contributed by atoms with Crippen molar-refractivity contribution in [3.8, 4) is 22.4 Å². The predicted octanol–water partition coefficient (Wildman–Crippen LogP) is 4.35. The van der Waals surface area contributed by atoms with Crippen LogP contribution in [0.1, 0.15) is 11.1 Å². The zero-order valence-electron chi connectivity index (χ0n) is 11.9. The van der Waals surface area contributed by atoms with Gasteiger partial charge in [0, 0.05) is 5.56 Å². The highest BCUT2D eigenvalue weighted by Gasteiger charge is 2.20. The van der Waals surface area contributed by atoms with Crippen LogP contribution in [0.4, 0.5) is 10.3 Å². The minimum atomic E-state index is -0.336. The van der Waals surface area contributed by atoms with Crippen LogP contribution in [0.25, 0.3) is 22.4 Å². The lowest BCUT2D eigenvalue weighted by molar-refractivity contribution is 0.439. The van der Waals surface area contributed by atoms with Crippen LogP contribution in [0.5, 0.6) is 0 Å². The number of rotatable bonds is 2. The summed E-state index contributed by atoms with van der Waals surface area (Å²) in [7, 11) is 0. The van der Waals surface area contributed by atoms with Crippen molar-refractivity contribution in [2.24, 2.45) is 0 Å². The second-order valence-corrected chi connectivity index (χ2v) is 5.12. The van der Waals surface area contributed by atoms with Gasteiger partial charge in [0.05, 0.1) is 5.56 Å². The predicted molar refractivity (Wildman–Crippen MR) is 81.2 cm³/mol. The molecule has 0 spiro atoms. The molecule has 0 bridgehead atoms. The van der Waals surface area contributed by atoms with Gasteiger partial charge in [-0.05, 0) is 37.1 Å². The summed E-state index contributed by atoms with van der Waals surface area (Å²) in [5.41, 5.74) is 10.1. The maximum Gasteiger partial charge on any atom is 0.230 e. The molecule has 1 aromatic heterocycles. The zero-order chi connectivity index (χ0) is 15.0. The Morgan fingerprint density at radius 1 is 1.05 bits per heavy atom. The van der Waals surface area contributed by atoms with Gasteiger partial charge in [0.1, 0.15) is 11.5 Å². The summed E-state index contributed by atoms with van der Waals surface area (Å²) < 4.78 is 19.3. The van der Waals surface area contributed by atoms with Gasteiger partial charge in [0.25, 0.3) is 0 Å². The summed E-state index contributed by atoms with van der Waals surface area (Å²) in [5, 5.41) is 3.94. The standard InChI is InChI=1S/C17H15FN2O/c1-10-4-3-5-12(8-10)15-16(20-21-17(15)19)13-7-6-11(2)9-14(13)18/h3-9H,19H2,1-2H3. The molecule has 4 heteroatoms. The van der Waals surface area contributed by atoms with Crippen molar-refractivity contribution in [1.82, 2.24) is 5.16 Å². The van der Waals surface area contributed by atoms with Crippen molar-refractivity contribution in [1.29, 1.82) is 0 Å². The third-order valence-electron chi connectivity index (χ3n) is 3.40. The van der Waals surface area contributed by atoms with Gasteiger partial charge in [-0.25, -0.2) is 4.39 Å². The van der Waals surface area contributed by atoms with Crippen LogP contribution in [-0.2, 0) is 0 Å². The Labute approximate surface area is 122 Å². The molecule has 2 aromatic carbocycles. The minimum absolute atomic E-state index is 0.190. The van der Waals surface area contributed by atoms with Crippen molar-refractivity contribution in [2.75, 3.05) is 5.73 Å². The number of halogens is 1. The highest BCUT2D eigenvalue weighted by atomic mass is 19.1. The molecule has 2 N–H and O–H groups in total. The van der Waals surface area contributed by atoms with E-state index in [0.717, 1.165) is 16.7 Å². The quantitative estimate of drug-likeness (QED) is 0.760. The van der Waals surface area contributed by atoms with E-state index in [1.54, 1.807) is 6.07 Å². The van der Waals surface area contributed by atoms with Gasteiger partial charge in [-0.3, -0.25) is 0 Å². The number of nitrogen functional groups attached to an aromatic ring is 1. The number of hydrogen-bond acceptors (Lipinski definition) is 3. The van der Waals surface area contributed by atoms with E-state index >= 15 is 0 Å². The molecular weight excluding hydrogens is 267 g/mol. The Kier molecular flexibility index (Phi) is 3.22. The van der Waals surface area contributed by atoms with E-state index in [9.17, 15) is 4.39 Å². The van der Waals surface area contributed by atoms with E-state index in [1.165, 1.54) is 6.07 Å². The molecule has 0 saturated carbocycles. The molecule has 21 heavy (non-hydrogen) atoms. The van der Waals surface area contributed by atoms with Gasteiger partial charge in [-0.15, -0.1) is 0 Å². The van der Waals surface area contributed by atoms with E-state index in [1.807, 2.05) is 44.2 Å². The van der Waals surface area contributed by atoms with Crippen LogP contribution in [-0.4, -0.2) is 5.16 Å². The lowest BCUT2D eigenvalue weighted by atomic mass is 9.99. The van der Waals surface area contributed by atoms with Crippen LogP contribution in [0, 0.1) is 19.7 Å². The fraction of sp³-hybridized carbons (Fsp3) is 0.118. The summed E-state index contributed by atoms with van der Waals surface area (Å²) in [6, 6.07) is 12.8. The van der Waals surface area contributed by atoms with E-state index in [2.05, 4.69) is 5.16 Å². The fourth-order valence-electron chi connectivity index (χ4n) is 2.38. The summed E-state index contributed by atoms with van der Waals surface area (Å²) in [6.45, 7) is 3.82. The maximum atomic E-state index is 14.2. The first-order valence-electron chi connectivity index (χ1n) is 6.65. The average Bonchev–Trinajstić information content (AvgIpc) is 2.80. The molecule has 0 amide bonds. The Hall–Kier alpha value is -2.62. The number of aromatic nitrogens is 1. The largest absolute Gasteiger partial charge is 0.367 e. The van der Waals surface area contributed by atoms with Gasteiger partial charge in [0.2, 0.25) is 5.88 Å². The van der Waals surface area contributed by atoms with Gasteiger partial charge < -0.3 is 10.3 Å². The molecule has 0 unspecified atom stereocenters. The third-order valence-corrected chi connectivity index (χ3v) is 3.40. The molecule has 3 nitrogen and oxygen atoms in total. The van der Waals surface area contributed by atoms with Crippen LogP contribution >= 0.6 is 0 Å². The molecule has 0 atom stereocenters. The lowest BCUT2D eigenvalue weighted by Gasteiger charge is -2.05. The van der Waals surface area contributed by atoms with Gasteiger partial charge in [-0.1, -0.05) is 41.1 Å². The summed E-state index contributed by atoms with van der Waals surface area (Å²) in [6.07, 6.45) is 0. The summed E-state index contributed by atoms with van der Waals surface area (Å²) in [4.78, 5) is 0. The number of anilines is 1. The Morgan fingerprint density at radius 3 is 2.52 bits per heavy atom. The Bertz CT molecular complexity index is 808. The molecule has 0 saturated heterocycles. The van der Waals surface area contributed by atoms with E-state index in [4.69, 9.17) is 10.3 Å². The SMILES string of the molecule is Cc1cccc(-c2c(-c3ccc(C)cc3F)noc2N)c1. The van der Waals surface area contributed by atoms with E-state index in [0.29, 0.717) is 16.8 Å². The van der Waals surface area contributed by atoms with Crippen molar-refractivity contribution in [3.63, 3.8) is 0 Å². The highest BCUT2D eigenvalue weighted by Crippen LogP contribution is 2.37. The normalized spacial score (nSPS) is 10.8. The molecule has 1 heterocycles. The highest BCUT2D eigenvalue weighted by molar-refractivity contribution is 5.87. The first-order chi connectivity index (χ1) is 10.1. The third kappa shape index (κ3) is 2.40. The van der Waals surface area contributed by atoms with Crippen LogP contribution in [0.3, 0.4) is 0 Å². The Morgan fingerprint density at radius 2 is 1.81 bits per heavy atom. The minimum Gasteiger partial charge on any atom is -0.367 e.